The molecule has 0 fully saturated rings. The van der Waals surface area contributed by atoms with Gasteiger partial charge in [0.15, 0.2) is 0 Å². The maximum atomic E-state index is 6.28. The smallest absolute Gasteiger partial charge is 0.0849 e. The number of aromatic nitrogens is 2. The summed E-state index contributed by atoms with van der Waals surface area (Å²) in [6.45, 7) is 4.29. The molecule has 0 spiro atoms. The highest BCUT2D eigenvalue weighted by molar-refractivity contribution is 9.09. The quantitative estimate of drug-likeness (QED) is 0.723. The SMILES string of the molecule is CCc1nn(C)c(CCCC(Br)CC)c1Cl. The number of nitrogens with zero attached hydrogens (tertiary/aromatic N) is 2. The van der Waals surface area contributed by atoms with Crippen LogP contribution >= 0.6 is 27.5 Å². The van der Waals surface area contributed by atoms with Crippen molar-refractivity contribution in [3.05, 3.63) is 16.4 Å². The van der Waals surface area contributed by atoms with Crippen molar-refractivity contribution in [2.24, 2.45) is 7.05 Å². The largest absolute Gasteiger partial charge is 0.271 e. The van der Waals surface area contributed by atoms with Gasteiger partial charge in [-0.15, -0.1) is 0 Å². The van der Waals surface area contributed by atoms with E-state index in [-0.39, 0.29) is 0 Å². The first kappa shape index (κ1) is 14.0. The Morgan fingerprint density at radius 2 is 2.12 bits per heavy atom. The third-order valence-electron chi connectivity index (χ3n) is 2.88. The number of hydrogen-bond donors (Lipinski definition) is 0. The summed E-state index contributed by atoms with van der Waals surface area (Å²) in [6, 6.07) is 0. The van der Waals surface area contributed by atoms with Crippen LogP contribution in [-0.2, 0) is 19.9 Å². The van der Waals surface area contributed by atoms with Gasteiger partial charge in [-0.05, 0) is 32.1 Å². The monoisotopic (exact) mass is 306 g/mol. The zero-order valence-electron chi connectivity index (χ0n) is 10.3. The number of alkyl halides is 1. The maximum absolute atomic E-state index is 6.28. The van der Waals surface area contributed by atoms with Gasteiger partial charge in [-0.2, -0.15) is 5.10 Å². The lowest BCUT2D eigenvalue weighted by molar-refractivity contribution is 0.640. The molecule has 1 aromatic rings. The highest BCUT2D eigenvalue weighted by Crippen LogP contribution is 2.23. The van der Waals surface area contributed by atoms with E-state index in [4.69, 9.17) is 11.6 Å². The predicted molar refractivity (Wildman–Crippen MR) is 73.5 cm³/mol. The topological polar surface area (TPSA) is 17.8 Å². The van der Waals surface area contributed by atoms with Crippen LogP contribution in [0.15, 0.2) is 0 Å². The summed E-state index contributed by atoms with van der Waals surface area (Å²) >= 11 is 9.93. The van der Waals surface area contributed by atoms with Gasteiger partial charge in [-0.1, -0.05) is 41.4 Å². The first-order valence-corrected chi connectivity index (χ1v) is 7.23. The van der Waals surface area contributed by atoms with Crippen molar-refractivity contribution >= 4 is 27.5 Å². The molecule has 0 aliphatic rings. The van der Waals surface area contributed by atoms with Crippen molar-refractivity contribution in [2.75, 3.05) is 0 Å². The Kier molecular flexibility index (Phi) is 5.84. The van der Waals surface area contributed by atoms with Gasteiger partial charge in [0.05, 0.1) is 16.4 Å². The highest BCUT2D eigenvalue weighted by atomic mass is 79.9. The van der Waals surface area contributed by atoms with E-state index in [1.807, 2.05) is 11.7 Å². The van der Waals surface area contributed by atoms with Crippen LogP contribution in [0.5, 0.6) is 0 Å². The standard InChI is InChI=1S/C12H20BrClN2/c1-4-9(13)7-6-8-11-12(14)10(5-2)15-16(11)3/h9H,4-8H2,1-3H3. The van der Waals surface area contributed by atoms with E-state index in [2.05, 4.69) is 34.9 Å². The minimum atomic E-state index is 0.630. The second kappa shape index (κ2) is 6.65. The van der Waals surface area contributed by atoms with Crippen LogP contribution in [0, 0.1) is 0 Å². The molecule has 92 valence electrons. The summed E-state index contributed by atoms with van der Waals surface area (Å²) in [5, 5.41) is 5.29. The average molecular weight is 308 g/mol. The normalized spacial score (nSPS) is 13.1. The molecule has 0 N–H and O–H groups in total. The van der Waals surface area contributed by atoms with Crippen molar-refractivity contribution in [2.45, 2.75) is 50.8 Å². The Labute approximate surface area is 111 Å². The molecule has 0 radical (unpaired) electrons. The van der Waals surface area contributed by atoms with Gasteiger partial charge >= 0.3 is 0 Å². The Morgan fingerprint density at radius 3 is 2.62 bits per heavy atom. The Bertz CT molecular complexity index is 336. The lowest BCUT2D eigenvalue weighted by Gasteiger charge is -2.06. The highest BCUT2D eigenvalue weighted by Gasteiger charge is 2.12. The molecule has 0 amide bonds. The minimum Gasteiger partial charge on any atom is -0.271 e. The molecule has 1 rings (SSSR count). The zero-order valence-corrected chi connectivity index (χ0v) is 12.6. The Hall–Kier alpha value is -0.0200. The molecule has 1 atom stereocenters. The van der Waals surface area contributed by atoms with E-state index in [0.717, 1.165) is 30.0 Å². The van der Waals surface area contributed by atoms with Crippen LogP contribution in [0.2, 0.25) is 5.02 Å². The molecule has 0 aliphatic carbocycles. The molecular formula is C12H20BrClN2. The molecule has 1 aromatic heterocycles. The fraction of sp³-hybridized carbons (Fsp3) is 0.750. The molecule has 0 bridgehead atoms. The Morgan fingerprint density at radius 1 is 1.44 bits per heavy atom. The van der Waals surface area contributed by atoms with Crippen LogP contribution in [-0.4, -0.2) is 14.6 Å². The van der Waals surface area contributed by atoms with Crippen LogP contribution in [0.1, 0.15) is 44.5 Å². The number of rotatable bonds is 6. The molecule has 4 heteroatoms. The summed E-state index contributed by atoms with van der Waals surface area (Å²) < 4.78 is 1.93. The summed E-state index contributed by atoms with van der Waals surface area (Å²) in [6.07, 6.45) is 5.46. The number of aryl methyl sites for hydroxylation is 2. The van der Waals surface area contributed by atoms with E-state index in [1.165, 1.54) is 18.5 Å². The first-order valence-electron chi connectivity index (χ1n) is 5.94. The van der Waals surface area contributed by atoms with Gasteiger partial charge in [0.25, 0.3) is 0 Å². The van der Waals surface area contributed by atoms with Crippen molar-refractivity contribution < 1.29 is 0 Å². The molecule has 0 saturated heterocycles. The first-order chi connectivity index (χ1) is 7.60. The fourth-order valence-corrected chi connectivity index (χ4v) is 2.50. The van der Waals surface area contributed by atoms with E-state index in [9.17, 15) is 0 Å². The second-order valence-corrected chi connectivity index (χ2v) is 5.76. The van der Waals surface area contributed by atoms with Gasteiger partial charge in [0.1, 0.15) is 0 Å². The van der Waals surface area contributed by atoms with Crippen LogP contribution in [0.4, 0.5) is 0 Å². The summed E-state index contributed by atoms with van der Waals surface area (Å²) in [4.78, 5) is 0.630. The molecule has 0 aliphatic heterocycles. The molecule has 16 heavy (non-hydrogen) atoms. The van der Waals surface area contributed by atoms with Crippen LogP contribution in [0.25, 0.3) is 0 Å². The van der Waals surface area contributed by atoms with Gasteiger partial charge in [0.2, 0.25) is 0 Å². The molecule has 0 aromatic carbocycles. The maximum Gasteiger partial charge on any atom is 0.0849 e. The van der Waals surface area contributed by atoms with Crippen molar-refractivity contribution in [1.82, 2.24) is 9.78 Å². The predicted octanol–water partition coefficient (Wildman–Crippen LogP) is 4.13. The molecule has 1 unspecified atom stereocenters. The van der Waals surface area contributed by atoms with Gasteiger partial charge < -0.3 is 0 Å². The van der Waals surface area contributed by atoms with E-state index >= 15 is 0 Å². The third-order valence-corrected chi connectivity index (χ3v) is 4.42. The minimum absolute atomic E-state index is 0.630. The van der Waals surface area contributed by atoms with Gasteiger partial charge in [-0.25, -0.2) is 0 Å². The van der Waals surface area contributed by atoms with E-state index in [0.29, 0.717) is 4.83 Å². The third kappa shape index (κ3) is 3.49. The van der Waals surface area contributed by atoms with Crippen LogP contribution < -0.4 is 0 Å². The molecule has 2 nitrogen and oxygen atoms in total. The van der Waals surface area contributed by atoms with Crippen molar-refractivity contribution in [3.8, 4) is 0 Å². The summed E-state index contributed by atoms with van der Waals surface area (Å²) in [7, 11) is 1.98. The number of hydrogen-bond acceptors (Lipinski definition) is 1. The molecular weight excluding hydrogens is 288 g/mol. The summed E-state index contributed by atoms with van der Waals surface area (Å²) in [5.41, 5.74) is 2.19. The molecule has 1 heterocycles. The number of halogens is 2. The van der Waals surface area contributed by atoms with Crippen LogP contribution in [0.3, 0.4) is 0 Å². The molecule has 0 saturated carbocycles. The van der Waals surface area contributed by atoms with Gasteiger partial charge in [-0.3, -0.25) is 4.68 Å². The van der Waals surface area contributed by atoms with E-state index in [1.54, 1.807) is 0 Å². The zero-order chi connectivity index (χ0) is 12.1. The van der Waals surface area contributed by atoms with Gasteiger partial charge in [0, 0.05) is 11.9 Å². The summed E-state index contributed by atoms with van der Waals surface area (Å²) in [5.74, 6) is 0. The Balaban J connectivity index is 2.56. The van der Waals surface area contributed by atoms with Crippen molar-refractivity contribution in [3.63, 3.8) is 0 Å². The lowest BCUT2D eigenvalue weighted by atomic mass is 10.1. The average Bonchev–Trinajstić information content (AvgIpc) is 2.55. The van der Waals surface area contributed by atoms with E-state index < -0.39 is 0 Å². The van der Waals surface area contributed by atoms with Crippen molar-refractivity contribution in [1.29, 1.82) is 0 Å². The fourth-order valence-electron chi connectivity index (χ4n) is 1.79. The second-order valence-electron chi connectivity index (χ2n) is 4.08. The lowest BCUT2D eigenvalue weighted by Crippen LogP contribution is -2.01.